The number of carbonyl (C=O) groups is 3. The molecule has 3 aromatic carbocycles. The Hall–Kier alpha value is -4.55. The molecule has 190 valence electrons. The molecule has 1 N–H and O–H groups in total. The van der Waals surface area contributed by atoms with E-state index in [0.29, 0.717) is 27.4 Å². The van der Waals surface area contributed by atoms with Gasteiger partial charge in [0.15, 0.2) is 11.6 Å². The molecule has 0 saturated carbocycles. The van der Waals surface area contributed by atoms with Crippen molar-refractivity contribution in [1.82, 2.24) is 4.98 Å². The SMILES string of the molecule is O=C(c1ccccc1)[C@@H]1[C@@H](C(=O)c2ccncc2)[C@]2(C(=O)Nc3ccccc32)[C@H]2C=Cc3cc(Cl)ccc3N12. The third-order valence-corrected chi connectivity index (χ3v) is 8.40. The van der Waals surface area contributed by atoms with Crippen LogP contribution in [0.15, 0.2) is 103 Å². The molecule has 0 radical (unpaired) electrons. The number of para-hydroxylation sites is 1. The predicted octanol–water partition coefficient (Wildman–Crippen LogP) is 5.59. The van der Waals surface area contributed by atoms with Gasteiger partial charge in [0.25, 0.3) is 0 Å². The first-order chi connectivity index (χ1) is 19.0. The molecule has 1 fully saturated rings. The van der Waals surface area contributed by atoms with Crippen molar-refractivity contribution in [3.05, 3.63) is 131 Å². The molecule has 4 heterocycles. The van der Waals surface area contributed by atoms with Crippen LogP contribution >= 0.6 is 11.6 Å². The zero-order valence-electron chi connectivity index (χ0n) is 20.6. The number of aromatic nitrogens is 1. The number of nitrogens with zero attached hydrogens (tertiary/aromatic N) is 2. The van der Waals surface area contributed by atoms with Gasteiger partial charge in [-0.15, -0.1) is 0 Å². The van der Waals surface area contributed by atoms with Crippen LogP contribution in [0.5, 0.6) is 0 Å². The van der Waals surface area contributed by atoms with Crippen LogP contribution in [0.2, 0.25) is 5.02 Å². The molecule has 7 rings (SSSR count). The number of amides is 1. The summed E-state index contributed by atoms with van der Waals surface area (Å²) in [7, 11) is 0. The van der Waals surface area contributed by atoms with Crippen molar-refractivity contribution < 1.29 is 14.4 Å². The van der Waals surface area contributed by atoms with E-state index >= 15 is 0 Å². The molecule has 4 aromatic rings. The Morgan fingerprint density at radius 1 is 0.872 bits per heavy atom. The Balaban J connectivity index is 1.55. The third-order valence-electron chi connectivity index (χ3n) is 8.17. The van der Waals surface area contributed by atoms with Crippen molar-refractivity contribution in [2.45, 2.75) is 17.5 Å². The fourth-order valence-corrected chi connectivity index (χ4v) is 6.80. The maximum Gasteiger partial charge on any atom is 0.238 e. The number of nitrogens with one attached hydrogen (secondary N) is 1. The van der Waals surface area contributed by atoms with Crippen molar-refractivity contribution in [3.8, 4) is 0 Å². The monoisotopic (exact) mass is 531 g/mol. The number of carbonyl (C=O) groups excluding carboxylic acids is 3. The van der Waals surface area contributed by atoms with Gasteiger partial charge in [0.05, 0.1) is 12.0 Å². The van der Waals surface area contributed by atoms with Gasteiger partial charge in [-0.1, -0.05) is 72.3 Å². The van der Waals surface area contributed by atoms with Gasteiger partial charge in [-0.25, -0.2) is 0 Å². The van der Waals surface area contributed by atoms with Crippen LogP contribution in [-0.4, -0.2) is 34.5 Å². The number of ketones is 2. The van der Waals surface area contributed by atoms with Crippen LogP contribution in [0.3, 0.4) is 0 Å². The zero-order chi connectivity index (χ0) is 26.7. The summed E-state index contributed by atoms with van der Waals surface area (Å²) in [4.78, 5) is 49.4. The second-order valence-electron chi connectivity index (χ2n) is 10.0. The Bertz CT molecular complexity index is 1690. The normalized spacial score (nSPS) is 24.2. The minimum Gasteiger partial charge on any atom is -0.352 e. The Kier molecular flexibility index (Phi) is 5.28. The van der Waals surface area contributed by atoms with E-state index in [2.05, 4.69) is 10.3 Å². The average Bonchev–Trinajstić information content (AvgIpc) is 3.45. The van der Waals surface area contributed by atoms with Crippen molar-refractivity contribution in [2.24, 2.45) is 5.92 Å². The lowest BCUT2D eigenvalue weighted by atomic mass is 9.64. The first-order valence-corrected chi connectivity index (χ1v) is 13.1. The van der Waals surface area contributed by atoms with Crippen LogP contribution in [-0.2, 0) is 10.2 Å². The fourth-order valence-electron chi connectivity index (χ4n) is 6.62. The number of rotatable bonds is 4. The van der Waals surface area contributed by atoms with E-state index in [9.17, 15) is 14.4 Å². The van der Waals surface area contributed by atoms with Gasteiger partial charge in [0, 0.05) is 39.9 Å². The van der Waals surface area contributed by atoms with Gasteiger partial charge >= 0.3 is 0 Å². The van der Waals surface area contributed by atoms with E-state index in [1.807, 2.05) is 59.5 Å². The van der Waals surface area contributed by atoms with E-state index in [1.165, 1.54) is 0 Å². The Labute approximate surface area is 229 Å². The van der Waals surface area contributed by atoms with E-state index in [-0.39, 0.29) is 17.5 Å². The fraction of sp³-hybridized carbons (Fsp3) is 0.125. The number of fused-ring (bicyclic) bond motifs is 6. The van der Waals surface area contributed by atoms with Crippen LogP contribution in [0.25, 0.3) is 6.08 Å². The number of hydrogen-bond donors (Lipinski definition) is 1. The molecule has 4 atom stereocenters. The summed E-state index contributed by atoms with van der Waals surface area (Å²) >= 11 is 6.34. The summed E-state index contributed by atoms with van der Waals surface area (Å²) in [6.45, 7) is 0. The maximum atomic E-state index is 14.6. The number of Topliss-reactive ketones (excluding diaryl/α,β-unsaturated/α-hetero) is 2. The molecule has 1 saturated heterocycles. The minimum absolute atomic E-state index is 0.224. The van der Waals surface area contributed by atoms with Gasteiger partial charge in [-0.05, 0) is 47.5 Å². The molecule has 7 heteroatoms. The summed E-state index contributed by atoms with van der Waals surface area (Å²) in [5.74, 6) is -1.82. The molecular formula is C32H22ClN3O3. The largest absolute Gasteiger partial charge is 0.352 e. The maximum absolute atomic E-state index is 14.6. The number of pyridine rings is 1. The van der Waals surface area contributed by atoms with Gasteiger partial charge in [-0.3, -0.25) is 19.4 Å². The second kappa shape index (κ2) is 8.75. The van der Waals surface area contributed by atoms with E-state index in [4.69, 9.17) is 11.6 Å². The molecule has 3 aliphatic heterocycles. The summed E-state index contributed by atoms with van der Waals surface area (Å²) in [5, 5.41) is 3.60. The van der Waals surface area contributed by atoms with Crippen molar-refractivity contribution >= 4 is 46.5 Å². The lowest BCUT2D eigenvalue weighted by molar-refractivity contribution is -0.121. The first-order valence-electron chi connectivity index (χ1n) is 12.7. The van der Waals surface area contributed by atoms with E-state index < -0.39 is 23.4 Å². The molecule has 1 amide bonds. The topological polar surface area (TPSA) is 79.4 Å². The van der Waals surface area contributed by atoms with Gasteiger partial charge in [0.2, 0.25) is 5.91 Å². The lowest BCUT2D eigenvalue weighted by Gasteiger charge is -2.37. The smallest absolute Gasteiger partial charge is 0.238 e. The number of benzene rings is 3. The van der Waals surface area contributed by atoms with Crippen LogP contribution in [0.4, 0.5) is 11.4 Å². The number of halogens is 1. The molecule has 0 unspecified atom stereocenters. The second-order valence-corrected chi connectivity index (χ2v) is 10.5. The molecule has 1 spiro atoms. The minimum atomic E-state index is -1.35. The van der Waals surface area contributed by atoms with Gasteiger partial charge in [0.1, 0.15) is 11.5 Å². The average molecular weight is 532 g/mol. The van der Waals surface area contributed by atoms with Crippen LogP contribution < -0.4 is 10.2 Å². The predicted molar refractivity (Wildman–Crippen MR) is 150 cm³/mol. The highest BCUT2D eigenvalue weighted by Crippen LogP contribution is 2.58. The van der Waals surface area contributed by atoms with Crippen molar-refractivity contribution in [2.75, 3.05) is 10.2 Å². The molecule has 3 aliphatic rings. The van der Waals surface area contributed by atoms with Crippen molar-refractivity contribution in [1.29, 1.82) is 0 Å². The molecule has 0 bridgehead atoms. The summed E-state index contributed by atoms with van der Waals surface area (Å²) < 4.78 is 0. The van der Waals surface area contributed by atoms with Gasteiger partial charge in [-0.2, -0.15) is 0 Å². The number of anilines is 2. The zero-order valence-corrected chi connectivity index (χ0v) is 21.4. The summed E-state index contributed by atoms with van der Waals surface area (Å²) in [6, 6.07) is 23.6. The van der Waals surface area contributed by atoms with Crippen LogP contribution in [0, 0.1) is 5.92 Å². The molecule has 0 aliphatic carbocycles. The molecule has 6 nitrogen and oxygen atoms in total. The highest BCUT2D eigenvalue weighted by molar-refractivity contribution is 6.31. The quantitative estimate of drug-likeness (QED) is 0.347. The highest BCUT2D eigenvalue weighted by Gasteiger charge is 2.70. The molecular weight excluding hydrogens is 510 g/mol. The van der Waals surface area contributed by atoms with Crippen LogP contribution in [0.1, 0.15) is 31.8 Å². The van der Waals surface area contributed by atoms with E-state index in [0.717, 1.165) is 11.3 Å². The van der Waals surface area contributed by atoms with Crippen molar-refractivity contribution in [3.63, 3.8) is 0 Å². The third kappa shape index (κ3) is 3.28. The lowest BCUT2D eigenvalue weighted by Crippen LogP contribution is -2.51. The molecule has 39 heavy (non-hydrogen) atoms. The summed E-state index contributed by atoms with van der Waals surface area (Å²) in [5.41, 5.74) is 2.46. The first kappa shape index (κ1) is 23.6. The summed E-state index contributed by atoms with van der Waals surface area (Å²) in [6.07, 6.45) is 6.97. The Morgan fingerprint density at radius 2 is 1.59 bits per heavy atom. The number of hydrogen-bond acceptors (Lipinski definition) is 5. The molecule has 1 aromatic heterocycles. The standard InChI is InChI=1S/C32H22ClN3O3/c33-22-11-12-25-21(18-22)10-13-26-32(23-8-4-5-9-24(23)35-31(32)39)27(29(37)20-14-16-34-17-15-20)28(36(25)26)30(38)19-6-2-1-3-7-19/h1-18,26-28H,(H,35,39)/t26-,27+,28+,32-/m1/s1. The van der Waals surface area contributed by atoms with E-state index in [1.54, 1.807) is 54.9 Å². The Morgan fingerprint density at radius 3 is 2.38 bits per heavy atom. The van der Waals surface area contributed by atoms with Gasteiger partial charge < -0.3 is 10.2 Å². The highest BCUT2D eigenvalue weighted by atomic mass is 35.5.